The molecule has 0 bridgehead atoms. The number of ether oxygens (including phenoxy) is 2. The maximum Gasteiger partial charge on any atom is 0.244 e. The minimum atomic E-state index is -3.59. The summed E-state index contributed by atoms with van der Waals surface area (Å²) in [6.07, 6.45) is -0.522. The molecule has 2 saturated heterocycles. The predicted molar refractivity (Wildman–Crippen MR) is 96.0 cm³/mol. The van der Waals surface area contributed by atoms with Crippen LogP contribution >= 0.6 is 0 Å². The third kappa shape index (κ3) is 2.23. The van der Waals surface area contributed by atoms with E-state index in [4.69, 9.17) is 9.47 Å². The van der Waals surface area contributed by atoms with Gasteiger partial charge in [-0.1, -0.05) is 42.0 Å². The fourth-order valence-corrected chi connectivity index (χ4v) is 6.10. The van der Waals surface area contributed by atoms with Crippen molar-refractivity contribution in [1.29, 1.82) is 0 Å². The molecule has 2 fully saturated rings. The van der Waals surface area contributed by atoms with Crippen LogP contribution in [0.3, 0.4) is 0 Å². The molecule has 0 radical (unpaired) electrons. The van der Waals surface area contributed by atoms with Crippen LogP contribution in [0.1, 0.15) is 42.7 Å². The van der Waals surface area contributed by atoms with Crippen LogP contribution in [0.15, 0.2) is 53.4 Å². The number of hydrogen-bond donors (Lipinski definition) is 0. The lowest BCUT2D eigenvalue weighted by Gasteiger charge is -2.23. The zero-order chi connectivity index (χ0) is 18.3. The van der Waals surface area contributed by atoms with Gasteiger partial charge in [0, 0.05) is 0 Å². The zero-order valence-electron chi connectivity index (χ0n) is 14.9. The molecule has 6 heteroatoms. The van der Waals surface area contributed by atoms with Gasteiger partial charge in [0.25, 0.3) is 0 Å². The van der Waals surface area contributed by atoms with Crippen LogP contribution in [0.25, 0.3) is 0 Å². The van der Waals surface area contributed by atoms with E-state index in [1.54, 1.807) is 16.4 Å². The lowest BCUT2D eigenvalue weighted by atomic mass is 9.88. The summed E-state index contributed by atoms with van der Waals surface area (Å²) in [5.41, 5.74) is 3.09. The zero-order valence-corrected chi connectivity index (χ0v) is 15.7. The van der Waals surface area contributed by atoms with Crippen molar-refractivity contribution in [3.05, 3.63) is 65.2 Å². The molecule has 0 saturated carbocycles. The van der Waals surface area contributed by atoms with Crippen molar-refractivity contribution in [2.45, 2.75) is 55.7 Å². The highest BCUT2D eigenvalue weighted by molar-refractivity contribution is 7.89. The Hall–Kier alpha value is -1.73. The van der Waals surface area contributed by atoms with Crippen molar-refractivity contribution in [2.75, 3.05) is 0 Å². The summed E-state index contributed by atoms with van der Waals surface area (Å²) in [6, 6.07) is 14.5. The molecule has 3 aliphatic rings. The first-order valence-electron chi connectivity index (χ1n) is 8.84. The van der Waals surface area contributed by atoms with Gasteiger partial charge in [0.15, 0.2) is 5.79 Å². The monoisotopic (exact) mass is 371 g/mol. The van der Waals surface area contributed by atoms with Crippen molar-refractivity contribution in [2.24, 2.45) is 0 Å². The van der Waals surface area contributed by atoms with Crippen LogP contribution in [-0.2, 0) is 19.5 Å². The van der Waals surface area contributed by atoms with E-state index < -0.39 is 15.8 Å². The molecule has 26 heavy (non-hydrogen) atoms. The number of nitrogens with zero attached hydrogens (tertiary/aromatic N) is 1. The minimum absolute atomic E-state index is 0.184. The second-order valence-corrected chi connectivity index (χ2v) is 9.58. The topological polar surface area (TPSA) is 55.6 Å². The first kappa shape index (κ1) is 16.4. The van der Waals surface area contributed by atoms with Crippen molar-refractivity contribution in [1.82, 2.24) is 4.31 Å². The third-order valence-electron chi connectivity index (χ3n) is 5.49. The number of sulfonamides is 1. The van der Waals surface area contributed by atoms with E-state index in [9.17, 15) is 8.42 Å². The van der Waals surface area contributed by atoms with Gasteiger partial charge in [-0.05, 0) is 44.0 Å². The van der Waals surface area contributed by atoms with Gasteiger partial charge >= 0.3 is 0 Å². The van der Waals surface area contributed by atoms with E-state index in [2.05, 4.69) is 0 Å². The largest absolute Gasteiger partial charge is 0.342 e. The number of rotatable bonds is 2. The number of benzene rings is 2. The molecule has 2 heterocycles. The fourth-order valence-electron chi connectivity index (χ4n) is 4.33. The Morgan fingerprint density at radius 1 is 0.962 bits per heavy atom. The van der Waals surface area contributed by atoms with E-state index in [0.29, 0.717) is 4.90 Å². The smallest absolute Gasteiger partial charge is 0.244 e. The molecular formula is C20H21NO4S. The molecule has 0 spiro atoms. The summed E-state index contributed by atoms with van der Waals surface area (Å²) in [7, 11) is -3.59. The highest BCUT2D eigenvalue weighted by atomic mass is 32.2. The lowest BCUT2D eigenvalue weighted by Crippen LogP contribution is -2.30. The van der Waals surface area contributed by atoms with Gasteiger partial charge in [0.1, 0.15) is 12.2 Å². The van der Waals surface area contributed by atoms with Gasteiger partial charge in [0.2, 0.25) is 10.0 Å². The summed E-state index contributed by atoms with van der Waals surface area (Å²) in [4.78, 5) is 0.324. The maximum atomic E-state index is 13.3. The van der Waals surface area contributed by atoms with Crippen molar-refractivity contribution in [3.63, 3.8) is 0 Å². The van der Waals surface area contributed by atoms with Crippen LogP contribution in [0.2, 0.25) is 0 Å². The molecule has 0 N–H and O–H groups in total. The quantitative estimate of drug-likeness (QED) is 0.760. The van der Waals surface area contributed by atoms with E-state index in [-0.39, 0.29) is 24.3 Å². The van der Waals surface area contributed by atoms with Gasteiger partial charge < -0.3 is 9.47 Å². The molecule has 2 aromatic carbocycles. The third-order valence-corrected chi connectivity index (χ3v) is 7.38. The highest BCUT2D eigenvalue weighted by Gasteiger charge is 2.68. The van der Waals surface area contributed by atoms with Gasteiger partial charge in [-0.3, -0.25) is 0 Å². The number of fused-ring (bicyclic) bond motifs is 6. The van der Waals surface area contributed by atoms with Crippen molar-refractivity contribution in [3.8, 4) is 0 Å². The van der Waals surface area contributed by atoms with Crippen LogP contribution < -0.4 is 0 Å². The van der Waals surface area contributed by atoms with E-state index in [0.717, 1.165) is 16.7 Å². The van der Waals surface area contributed by atoms with Gasteiger partial charge in [-0.15, -0.1) is 0 Å². The second-order valence-electron chi connectivity index (χ2n) is 7.73. The van der Waals surface area contributed by atoms with Gasteiger partial charge in [0.05, 0.1) is 17.0 Å². The Labute approximate surface area is 153 Å². The fraction of sp³-hybridized carbons (Fsp3) is 0.400. The molecule has 5 atom stereocenters. The molecule has 2 aliphatic heterocycles. The molecule has 0 amide bonds. The molecule has 2 aromatic rings. The first-order chi connectivity index (χ1) is 12.3. The molecule has 136 valence electrons. The number of aryl methyl sites for hydroxylation is 1. The average molecular weight is 371 g/mol. The first-order valence-corrected chi connectivity index (χ1v) is 10.3. The summed E-state index contributed by atoms with van der Waals surface area (Å²) in [5, 5.41) is 0. The molecule has 5 rings (SSSR count). The van der Waals surface area contributed by atoms with Crippen LogP contribution in [0.5, 0.6) is 0 Å². The molecule has 1 aliphatic carbocycles. The standard InChI is InChI=1S/C20H21NO4S/c1-12-8-10-13(11-9-12)26(22,23)21-16-14-6-4-5-7-15(14)18-19(17(16)21)25-20(2,3)24-18/h4-11,16-19H,1-3H3/t16-,17-,18-,19+,21?/m1/s1. The van der Waals surface area contributed by atoms with Crippen LogP contribution in [-0.4, -0.2) is 30.7 Å². The normalized spacial score (nSPS) is 33.9. The van der Waals surface area contributed by atoms with Gasteiger partial charge in [-0.2, -0.15) is 4.31 Å². The van der Waals surface area contributed by atoms with Crippen molar-refractivity contribution < 1.29 is 17.9 Å². The van der Waals surface area contributed by atoms with E-state index in [1.807, 2.05) is 57.2 Å². The van der Waals surface area contributed by atoms with Gasteiger partial charge in [-0.25, -0.2) is 8.42 Å². The second kappa shape index (κ2) is 5.16. The highest BCUT2D eigenvalue weighted by Crippen LogP contribution is 2.60. The Balaban J connectivity index is 1.60. The van der Waals surface area contributed by atoms with E-state index >= 15 is 0 Å². The summed E-state index contributed by atoms with van der Waals surface area (Å²) in [5.74, 6) is -0.723. The summed E-state index contributed by atoms with van der Waals surface area (Å²) in [6.45, 7) is 5.70. The summed E-state index contributed by atoms with van der Waals surface area (Å²) < 4.78 is 40.3. The predicted octanol–water partition coefficient (Wildman–Crippen LogP) is 3.32. The number of hydrogen-bond acceptors (Lipinski definition) is 4. The molecular weight excluding hydrogens is 350 g/mol. The average Bonchev–Trinajstić information content (AvgIpc) is 3.27. The van der Waals surface area contributed by atoms with Crippen LogP contribution in [0, 0.1) is 6.92 Å². The van der Waals surface area contributed by atoms with Crippen molar-refractivity contribution >= 4 is 10.0 Å². The Morgan fingerprint density at radius 3 is 2.31 bits per heavy atom. The Kier molecular flexibility index (Phi) is 3.27. The molecule has 0 aromatic heterocycles. The SMILES string of the molecule is Cc1ccc(S(=O)(=O)N2[C@H]3[C@@H]4OC(C)(C)O[C@@H]4c4ccccc4[C@H]32)cc1. The van der Waals surface area contributed by atoms with Crippen LogP contribution in [0.4, 0.5) is 0 Å². The summed E-state index contributed by atoms with van der Waals surface area (Å²) >= 11 is 0. The lowest BCUT2D eigenvalue weighted by molar-refractivity contribution is -0.146. The minimum Gasteiger partial charge on any atom is -0.342 e. The Morgan fingerprint density at radius 2 is 1.62 bits per heavy atom. The van der Waals surface area contributed by atoms with E-state index in [1.165, 1.54) is 0 Å². The maximum absolute atomic E-state index is 13.3. The molecule has 5 nitrogen and oxygen atoms in total. The Bertz CT molecular complexity index is 983. The molecule has 1 unspecified atom stereocenters.